The van der Waals surface area contributed by atoms with Gasteiger partial charge in [-0.15, -0.1) is 0 Å². The second-order valence-electron chi connectivity index (χ2n) is 4.52. The fraction of sp³-hybridized carbons (Fsp3) is 0.133. The van der Waals surface area contributed by atoms with E-state index in [4.69, 9.17) is 16.3 Å². The van der Waals surface area contributed by atoms with Crippen molar-refractivity contribution in [3.8, 4) is 5.75 Å². The Morgan fingerprint density at radius 3 is 2.41 bits per heavy atom. The van der Waals surface area contributed by atoms with Gasteiger partial charge in [-0.3, -0.25) is 4.79 Å². The number of carbonyl (C=O) groups excluding carboxylic acids is 1. The van der Waals surface area contributed by atoms with Crippen molar-refractivity contribution in [2.45, 2.75) is 11.8 Å². The number of hydrogen-bond acceptors (Lipinski definition) is 4. The molecular weight excluding hydrogens is 326 g/mol. The maximum Gasteiger partial charge on any atom is 0.326 e. The highest BCUT2D eigenvalue weighted by molar-refractivity contribution is 7.89. The fourth-order valence-electron chi connectivity index (χ4n) is 1.68. The lowest BCUT2D eigenvalue weighted by atomic mass is 10.2. The van der Waals surface area contributed by atoms with Gasteiger partial charge in [0.15, 0.2) is 0 Å². The zero-order chi connectivity index (χ0) is 16.2. The Bertz CT molecular complexity index is 772. The van der Waals surface area contributed by atoms with Crippen molar-refractivity contribution in [3.05, 3.63) is 59.1 Å². The van der Waals surface area contributed by atoms with Crippen LogP contribution in [0.15, 0.2) is 53.4 Å². The van der Waals surface area contributed by atoms with Gasteiger partial charge in [-0.25, -0.2) is 8.42 Å². The summed E-state index contributed by atoms with van der Waals surface area (Å²) < 4.78 is 31.3. The zero-order valence-corrected chi connectivity index (χ0v) is 13.3. The lowest BCUT2D eigenvalue weighted by Gasteiger charge is -2.08. The van der Waals surface area contributed by atoms with Crippen molar-refractivity contribution < 1.29 is 17.9 Å². The quantitative estimate of drug-likeness (QED) is 0.671. The van der Waals surface area contributed by atoms with Crippen LogP contribution in [0, 0.1) is 6.92 Å². The Morgan fingerprint density at radius 2 is 1.77 bits per heavy atom. The van der Waals surface area contributed by atoms with Crippen LogP contribution in [-0.4, -0.2) is 20.9 Å². The first kappa shape index (κ1) is 16.5. The summed E-state index contributed by atoms with van der Waals surface area (Å²) in [4.78, 5) is 11.8. The predicted octanol–water partition coefficient (Wildman–Crippen LogP) is 2.53. The van der Waals surface area contributed by atoms with E-state index in [-0.39, 0.29) is 4.90 Å². The number of hydrogen-bond donors (Lipinski definition) is 1. The second kappa shape index (κ2) is 6.91. The van der Waals surface area contributed by atoms with E-state index in [1.54, 1.807) is 25.1 Å². The van der Waals surface area contributed by atoms with E-state index in [0.717, 1.165) is 5.56 Å². The molecule has 0 aliphatic carbocycles. The summed E-state index contributed by atoms with van der Waals surface area (Å²) in [5.41, 5.74) is 0.788. The summed E-state index contributed by atoms with van der Waals surface area (Å²) in [7, 11) is -3.78. The summed E-state index contributed by atoms with van der Waals surface area (Å²) in [6, 6.07) is 12.6. The van der Waals surface area contributed by atoms with E-state index in [1.807, 2.05) is 6.07 Å². The van der Waals surface area contributed by atoms with Gasteiger partial charge >= 0.3 is 5.97 Å². The summed E-state index contributed by atoms with van der Waals surface area (Å²) in [5.74, 6) is -0.287. The van der Waals surface area contributed by atoms with E-state index >= 15 is 0 Å². The molecule has 0 radical (unpaired) electrons. The first-order valence-corrected chi connectivity index (χ1v) is 8.26. The lowest BCUT2D eigenvalue weighted by molar-refractivity contribution is -0.133. The van der Waals surface area contributed by atoms with Crippen LogP contribution in [0.4, 0.5) is 0 Å². The largest absolute Gasteiger partial charge is 0.425 e. The van der Waals surface area contributed by atoms with Gasteiger partial charge in [0, 0.05) is 5.02 Å². The second-order valence-corrected chi connectivity index (χ2v) is 6.72. The molecule has 0 unspecified atom stereocenters. The lowest BCUT2D eigenvalue weighted by Crippen LogP contribution is -2.32. The SMILES string of the molecule is Cc1ccccc1OC(=O)CNS(=O)(=O)c1ccc(Cl)cc1. The molecular formula is C15H14ClNO4S. The highest BCUT2D eigenvalue weighted by atomic mass is 35.5. The number of nitrogens with one attached hydrogen (secondary N) is 1. The number of rotatable bonds is 5. The minimum Gasteiger partial charge on any atom is -0.425 e. The molecule has 0 aliphatic heterocycles. The molecule has 0 heterocycles. The molecule has 7 heteroatoms. The van der Waals surface area contributed by atoms with Gasteiger partial charge in [0.2, 0.25) is 10.0 Å². The summed E-state index contributed by atoms with van der Waals surface area (Å²) in [5, 5.41) is 0.429. The first-order chi connectivity index (χ1) is 10.4. The third-order valence-electron chi connectivity index (χ3n) is 2.85. The maximum absolute atomic E-state index is 12.0. The molecule has 0 bridgehead atoms. The van der Waals surface area contributed by atoms with Gasteiger partial charge in [-0.1, -0.05) is 29.8 Å². The fourth-order valence-corrected chi connectivity index (χ4v) is 2.78. The number of benzene rings is 2. The molecule has 0 aromatic heterocycles. The molecule has 0 atom stereocenters. The van der Waals surface area contributed by atoms with Crippen molar-refractivity contribution in [1.29, 1.82) is 0 Å². The van der Waals surface area contributed by atoms with E-state index in [2.05, 4.69) is 4.72 Å². The molecule has 5 nitrogen and oxygen atoms in total. The average molecular weight is 340 g/mol. The molecule has 1 N–H and O–H groups in total. The molecule has 22 heavy (non-hydrogen) atoms. The monoisotopic (exact) mass is 339 g/mol. The normalized spacial score (nSPS) is 11.2. The molecule has 0 saturated carbocycles. The van der Waals surface area contributed by atoms with Crippen LogP contribution in [0.1, 0.15) is 5.56 Å². The molecule has 116 valence electrons. The Hall–Kier alpha value is -1.89. The highest BCUT2D eigenvalue weighted by Gasteiger charge is 2.16. The van der Waals surface area contributed by atoms with Crippen LogP contribution in [0.25, 0.3) is 0 Å². The third kappa shape index (κ3) is 4.30. The van der Waals surface area contributed by atoms with Crippen LogP contribution in [0.2, 0.25) is 5.02 Å². The minimum atomic E-state index is -3.78. The molecule has 0 spiro atoms. The molecule has 0 amide bonds. The number of aryl methyl sites for hydroxylation is 1. The van der Waals surface area contributed by atoms with E-state index in [1.165, 1.54) is 24.3 Å². The standard InChI is InChI=1S/C15H14ClNO4S/c1-11-4-2-3-5-14(11)21-15(18)10-17-22(19,20)13-8-6-12(16)7-9-13/h2-9,17H,10H2,1H3. The third-order valence-corrected chi connectivity index (χ3v) is 4.52. The Labute approximate surface area is 133 Å². The predicted molar refractivity (Wildman–Crippen MR) is 83.5 cm³/mol. The summed E-state index contributed by atoms with van der Waals surface area (Å²) in [6.07, 6.45) is 0. The number of para-hydroxylation sites is 1. The number of sulfonamides is 1. The Balaban J connectivity index is 1.98. The molecule has 0 aliphatic rings. The maximum atomic E-state index is 12.0. The number of ether oxygens (including phenoxy) is 1. The molecule has 0 fully saturated rings. The first-order valence-electron chi connectivity index (χ1n) is 6.40. The van der Waals surface area contributed by atoms with Crippen LogP contribution in [-0.2, 0) is 14.8 Å². The summed E-state index contributed by atoms with van der Waals surface area (Å²) in [6.45, 7) is 1.33. The van der Waals surface area contributed by atoms with Crippen LogP contribution < -0.4 is 9.46 Å². The van der Waals surface area contributed by atoms with Gasteiger partial charge in [0.05, 0.1) is 4.90 Å². The van der Waals surface area contributed by atoms with Crippen LogP contribution in [0.3, 0.4) is 0 Å². The van der Waals surface area contributed by atoms with E-state index < -0.39 is 22.5 Å². The number of carbonyl (C=O) groups is 1. The van der Waals surface area contributed by atoms with Gasteiger partial charge in [0.1, 0.15) is 12.3 Å². The van der Waals surface area contributed by atoms with Gasteiger partial charge in [-0.2, -0.15) is 4.72 Å². The topological polar surface area (TPSA) is 72.5 Å². The molecule has 0 saturated heterocycles. The number of esters is 1. The van der Waals surface area contributed by atoms with E-state index in [9.17, 15) is 13.2 Å². The van der Waals surface area contributed by atoms with Crippen LogP contribution in [0.5, 0.6) is 5.75 Å². The molecule has 2 aromatic rings. The van der Waals surface area contributed by atoms with Crippen molar-refractivity contribution in [2.24, 2.45) is 0 Å². The van der Waals surface area contributed by atoms with Crippen molar-refractivity contribution in [1.82, 2.24) is 4.72 Å². The van der Waals surface area contributed by atoms with Crippen LogP contribution >= 0.6 is 11.6 Å². The van der Waals surface area contributed by atoms with Crippen molar-refractivity contribution >= 4 is 27.6 Å². The smallest absolute Gasteiger partial charge is 0.326 e. The average Bonchev–Trinajstić information content (AvgIpc) is 2.48. The van der Waals surface area contributed by atoms with Gasteiger partial charge in [0.25, 0.3) is 0 Å². The molecule has 2 aromatic carbocycles. The Kier molecular flexibility index (Phi) is 5.18. The van der Waals surface area contributed by atoms with E-state index in [0.29, 0.717) is 10.8 Å². The van der Waals surface area contributed by atoms with Gasteiger partial charge < -0.3 is 4.74 Å². The highest BCUT2D eigenvalue weighted by Crippen LogP contribution is 2.16. The molecule has 2 rings (SSSR count). The summed E-state index contributed by atoms with van der Waals surface area (Å²) >= 11 is 5.71. The minimum absolute atomic E-state index is 0.0283. The van der Waals surface area contributed by atoms with Crippen molar-refractivity contribution in [3.63, 3.8) is 0 Å². The van der Waals surface area contributed by atoms with Gasteiger partial charge in [-0.05, 0) is 42.8 Å². The zero-order valence-electron chi connectivity index (χ0n) is 11.7. The number of halogens is 1. The van der Waals surface area contributed by atoms with Crippen molar-refractivity contribution in [2.75, 3.05) is 6.54 Å². The Morgan fingerprint density at radius 1 is 1.14 bits per heavy atom.